The minimum Gasteiger partial charge on any atom is -0.342 e. The molecule has 3 heterocycles. The molecule has 1 amide bonds. The van der Waals surface area contributed by atoms with Crippen LogP contribution in [0.15, 0.2) is 71.8 Å². The van der Waals surface area contributed by atoms with Crippen LogP contribution in [0.3, 0.4) is 0 Å². The molecule has 1 unspecified atom stereocenters. The van der Waals surface area contributed by atoms with Crippen LogP contribution in [-0.4, -0.2) is 36.3 Å². The van der Waals surface area contributed by atoms with Crippen LogP contribution in [-0.2, 0) is 4.79 Å². The highest BCUT2D eigenvalue weighted by molar-refractivity contribution is 6.01. The maximum atomic E-state index is 13.8. The van der Waals surface area contributed by atoms with Crippen LogP contribution in [0.1, 0.15) is 40.4 Å². The van der Waals surface area contributed by atoms with Gasteiger partial charge in [-0.1, -0.05) is 30.2 Å². The lowest BCUT2D eigenvalue weighted by Crippen LogP contribution is -2.33. The number of aromatic nitrogens is 5. The first-order valence-corrected chi connectivity index (χ1v) is 11.2. The highest BCUT2D eigenvalue weighted by Crippen LogP contribution is 2.21. The van der Waals surface area contributed by atoms with Crippen LogP contribution in [0.25, 0.3) is 22.2 Å². The maximum Gasteiger partial charge on any atom is 0.267 e. The van der Waals surface area contributed by atoms with Crippen molar-refractivity contribution in [3.8, 4) is 17.5 Å². The van der Waals surface area contributed by atoms with Crippen molar-refractivity contribution in [1.82, 2.24) is 29.5 Å². The molecule has 1 atom stereocenters. The number of hydrogen-bond donors (Lipinski definition) is 1. The van der Waals surface area contributed by atoms with Crippen molar-refractivity contribution in [2.75, 3.05) is 0 Å². The van der Waals surface area contributed by atoms with Gasteiger partial charge in [-0.3, -0.25) is 19.0 Å². The van der Waals surface area contributed by atoms with Gasteiger partial charge in [0.05, 0.1) is 28.3 Å². The van der Waals surface area contributed by atoms with Gasteiger partial charge in [0, 0.05) is 18.0 Å². The number of aldehydes is 1. The molecule has 36 heavy (non-hydrogen) atoms. The molecule has 0 aliphatic carbocycles. The fourth-order valence-electron chi connectivity index (χ4n) is 4.17. The van der Waals surface area contributed by atoms with Gasteiger partial charge in [0.1, 0.15) is 11.4 Å². The predicted molar refractivity (Wildman–Crippen MR) is 134 cm³/mol. The van der Waals surface area contributed by atoms with Gasteiger partial charge in [-0.2, -0.15) is 5.10 Å². The summed E-state index contributed by atoms with van der Waals surface area (Å²) in [6, 6.07) is 15.2. The molecule has 1 N–H and O–H groups in total. The van der Waals surface area contributed by atoms with Crippen LogP contribution in [0.2, 0.25) is 0 Å². The number of nitrogens with one attached hydrogen (secondary N) is 1. The zero-order valence-electron chi connectivity index (χ0n) is 19.5. The molecule has 0 bridgehead atoms. The fourth-order valence-corrected chi connectivity index (χ4v) is 4.17. The Labute approximate surface area is 205 Å². The van der Waals surface area contributed by atoms with E-state index in [0.29, 0.717) is 51.2 Å². The van der Waals surface area contributed by atoms with Crippen LogP contribution < -0.4 is 10.9 Å². The van der Waals surface area contributed by atoms with E-state index in [4.69, 9.17) is 4.98 Å². The van der Waals surface area contributed by atoms with Crippen LogP contribution >= 0.6 is 0 Å². The number of para-hydroxylation sites is 1. The molecular weight excluding hydrogens is 456 g/mol. The van der Waals surface area contributed by atoms with Gasteiger partial charge < -0.3 is 5.32 Å². The fraction of sp³-hybridized carbons (Fsp3) is 0.111. The summed E-state index contributed by atoms with van der Waals surface area (Å²) in [6.07, 6.45) is 3.80. The molecule has 0 spiro atoms. The quantitative estimate of drug-likeness (QED) is 0.315. The third-order valence-electron chi connectivity index (χ3n) is 5.74. The molecule has 2 aromatic carbocycles. The Balaban J connectivity index is 1.66. The summed E-state index contributed by atoms with van der Waals surface area (Å²) in [4.78, 5) is 47.0. The zero-order valence-corrected chi connectivity index (χ0v) is 19.5. The zero-order chi connectivity index (χ0) is 25.2. The molecule has 176 valence electrons. The van der Waals surface area contributed by atoms with Crippen molar-refractivity contribution in [3.05, 3.63) is 100.0 Å². The maximum absolute atomic E-state index is 13.8. The van der Waals surface area contributed by atoms with Crippen LogP contribution in [0.5, 0.6) is 0 Å². The Morgan fingerprint density at radius 2 is 1.92 bits per heavy atom. The van der Waals surface area contributed by atoms with E-state index in [0.717, 1.165) is 0 Å². The molecule has 5 rings (SSSR count). The minimum atomic E-state index is -0.655. The van der Waals surface area contributed by atoms with Crippen LogP contribution in [0.4, 0.5) is 0 Å². The standard InChI is InChI=1S/C27H20N6O3/c1-17-22(25-28-14-8-15-32(25)31-17)26(35)29-18(2)24-30-21-13-6-9-19(10-7-16-34)23(21)27(36)33(24)20-11-4-3-5-12-20/h3-6,8-9,11-16,18H,1-2H3,(H,29,35). The number of carbonyl (C=O) groups excluding carboxylic acids is 2. The van der Waals surface area contributed by atoms with Gasteiger partial charge in [0.15, 0.2) is 11.9 Å². The van der Waals surface area contributed by atoms with E-state index in [1.165, 1.54) is 4.57 Å². The smallest absolute Gasteiger partial charge is 0.267 e. The van der Waals surface area contributed by atoms with E-state index in [2.05, 4.69) is 27.2 Å². The Morgan fingerprint density at radius 3 is 2.69 bits per heavy atom. The second-order valence-corrected chi connectivity index (χ2v) is 8.08. The summed E-state index contributed by atoms with van der Waals surface area (Å²) >= 11 is 0. The minimum absolute atomic E-state index is 0.292. The van der Waals surface area contributed by atoms with E-state index in [-0.39, 0.29) is 11.5 Å². The number of rotatable bonds is 4. The van der Waals surface area contributed by atoms with Gasteiger partial charge in [0.25, 0.3) is 11.5 Å². The third kappa shape index (κ3) is 3.91. The number of fused-ring (bicyclic) bond motifs is 2. The van der Waals surface area contributed by atoms with Crippen molar-refractivity contribution in [2.45, 2.75) is 19.9 Å². The number of benzene rings is 2. The number of carbonyl (C=O) groups is 2. The van der Waals surface area contributed by atoms with E-state index >= 15 is 0 Å². The number of aryl methyl sites for hydroxylation is 1. The van der Waals surface area contributed by atoms with Gasteiger partial charge >= 0.3 is 0 Å². The first kappa shape index (κ1) is 22.7. The first-order valence-electron chi connectivity index (χ1n) is 11.2. The average molecular weight is 476 g/mol. The second kappa shape index (κ2) is 9.27. The van der Waals surface area contributed by atoms with E-state index < -0.39 is 6.04 Å². The monoisotopic (exact) mass is 476 g/mol. The van der Waals surface area contributed by atoms with E-state index in [1.807, 2.05) is 18.2 Å². The molecule has 0 saturated heterocycles. The number of hydrogen-bond acceptors (Lipinski definition) is 6. The van der Waals surface area contributed by atoms with Crippen molar-refractivity contribution in [1.29, 1.82) is 0 Å². The third-order valence-corrected chi connectivity index (χ3v) is 5.74. The normalized spacial score (nSPS) is 11.6. The van der Waals surface area contributed by atoms with E-state index in [1.54, 1.807) is 67.2 Å². The molecule has 5 aromatic rings. The predicted octanol–water partition coefficient (Wildman–Crippen LogP) is 2.78. The first-order chi connectivity index (χ1) is 17.5. The number of amides is 1. The molecule has 0 aliphatic rings. The summed E-state index contributed by atoms with van der Waals surface area (Å²) in [7, 11) is 0. The second-order valence-electron chi connectivity index (χ2n) is 8.08. The van der Waals surface area contributed by atoms with Gasteiger partial charge in [-0.25, -0.2) is 14.5 Å². The molecule has 9 nitrogen and oxygen atoms in total. The molecular formula is C27H20N6O3. The van der Waals surface area contributed by atoms with Crippen molar-refractivity contribution < 1.29 is 9.59 Å². The highest BCUT2D eigenvalue weighted by Gasteiger charge is 2.24. The summed E-state index contributed by atoms with van der Waals surface area (Å²) < 4.78 is 3.01. The Kier molecular flexibility index (Phi) is 5.84. The summed E-state index contributed by atoms with van der Waals surface area (Å²) in [5.41, 5.74) is 2.36. The Bertz CT molecular complexity index is 1760. The lowest BCUT2D eigenvalue weighted by Gasteiger charge is -2.20. The van der Waals surface area contributed by atoms with Gasteiger partial charge in [-0.05, 0) is 50.1 Å². The van der Waals surface area contributed by atoms with Crippen LogP contribution in [0, 0.1) is 18.8 Å². The number of nitrogens with zero attached hydrogens (tertiary/aromatic N) is 5. The summed E-state index contributed by atoms with van der Waals surface area (Å²) in [5, 5.41) is 7.60. The largest absolute Gasteiger partial charge is 0.342 e. The van der Waals surface area contributed by atoms with Gasteiger partial charge in [-0.15, -0.1) is 0 Å². The SMILES string of the molecule is Cc1nn2cccnc2c1C(=O)NC(C)c1nc2cccc(C#CC=O)c2c(=O)n1-c1ccccc1. The van der Waals surface area contributed by atoms with E-state index in [9.17, 15) is 14.4 Å². The molecule has 3 aromatic heterocycles. The lowest BCUT2D eigenvalue weighted by molar-refractivity contribution is -0.103. The average Bonchev–Trinajstić information content (AvgIpc) is 3.23. The molecule has 0 radical (unpaired) electrons. The van der Waals surface area contributed by atoms with Gasteiger partial charge in [0.2, 0.25) is 0 Å². The molecule has 0 aliphatic heterocycles. The molecule has 0 fully saturated rings. The Morgan fingerprint density at radius 1 is 1.11 bits per heavy atom. The lowest BCUT2D eigenvalue weighted by atomic mass is 10.1. The summed E-state index contributed by atoms with van der Waals surface area (Å²) in [6.45, 7) is 3.50. The van der Waals surface area contributed by atoms with Crippen molar-refractivity contribution in [3.63, 3.8) is 0 Å². The van der Waals surface area contributed by atoms with Crippen molar-refractivity contribution >= 4 is 28.7 Å². The molecule has 9 heteroatoms. The topological polar surface area (TPSA) is 111 Å². The summed E-state index contributed by atoms with van der Waals surface area (Å²) in [5.74, 6) is 5.05. The van der Waals surface area contributed by atoms with Crippen molar-refractivity contribution in [2.24, 2.45) is 0 Å². The highest BCUT2D eigenvalue weighted by atomic mass is 16.2. The molecule has 0 saturated carbocycles. The Hall–Kier alpha value is -5.10.